The highest BCUT2D eigenvalue weighted by Gasteiger charge is 2.15. The van der Waals surface area contributed by atoms with Gasteiger partial charge in [0, 0.05) is 49.9 Å². The molecular weight excluding hydrogens is 410 g/mol. The van der Waals surface area contributed by atoms with Crippen molar-refractivity contribution in [2.24, 2.45) is 4.99 Å². The van der Waals surface area contributed by atoms with Gasteiger partial charge < -0.3 is 10.6 Å². The van der Waals surface area contributed by atoms with Gasteiger partial charge in [0.2, 0.25) is 0 Å². The third-order valence-corrected chi connectivity index (χ3v) is 5.18. The smallest absolute Gasteiger partial charge is 0.191 e. The van der Waals surface area contributed by atoms with E-state index in [1.807, 2.05) is 70.3 Å². The molecule has 0 radical (unpaired) electrons. The lowest BCUT2D eigenvalue weighted by atomic mass is 10.1. The second kappa shape index (κ2) is 9.95. The van der Waals surface area contributed by atoms with Gasteiger partial charge in [-0.25, -0.2) is 4.68 Å². The number of rotatable bonds is 7. The molecule has 0 aliphatic heterocycles. The fourth-order valence-electron chi connectivity index (χ4n) is 3.34. The summed E-state index contributed by atoms with van der Waals surface area (Å²) < 4.78 is 3.77. The van der Waals surface area contributed by atoms with E-state index >= 15 is 0 Å². The largest absolute Gasteiger partial charge is 0.354 e. The molecule has 2 N–H and O–H groups in total. The number of aliphatic imine (C=N–C) groups is 1. The monoisotopic (exact) mass is 433 g/mol. The zero-order chi connectivity index (χ0) is 21.5. The Kier molecular flexibility index (Phi) is 6.64. The standard InChI is InChI=1S/C23H24ClN7/c1-25-23(26-16-18-5-2-6-21(15-18)30-13-3-11-28-30)27-17-22(31-14-4-12-29-31)19-7-9-20(24)10-8-19/h2-15,22H,16-17H2,1H3,(H2,25,26,27). The number of aromatic nitrogens is 4. The maximum atomic E-state index is 6.06. The number of guanidine groups is 1. The lowest BCUT2D eigenvalue weighted by Gasteiger charge is -2.21. The van der Waals surface area contributed by atoms with Crippen LogP contribution in [0.2, 0.25) is 5.02 Å². The van der Waals surface area contributed by atoms with E-state index in [0.717, 1.165) is 22.8 Å². The Labute approximate surface area is 186 Å². The average molecular weight is 434 g/mol. The van der Waals surface area contributed by atoms with Crippen molar-refractivity contribution < 1.29 is 0 Å². The minimum absolute atomic E-state index is 0.00830. The molecule has 158 valence electrons. The third-order valence-electron chi connectivity index (χ3n) is 4.92. The zero-order valence-electron chi connectivity index (χ0n) is 17.2. The topological polar surface area (TPSA) is 72.1 Å². The van der Waals surface area contributed by atoms with Crippen molar-refractivity contribution in [3.8, 4) is 5.69 Å². The van der Waals surface area contributed by atoms with E-state index in [1.165, 1.54) is 0 Å². The fraction of sp³-hybridized carbons (Fsp3) is 0.174. The second-order valence-corrected chi connectivity index (χ2v) is 7.42. The van der Waals surface area contributed by atoms with E-state index in [1.54, 1.807) is 19.4 Å². The normalized spacial score (nSPS) is 12.5. The summed E-state index contributed by atoms with van der Waals surface area (Å²) in [6.07, 6.45) is 7.44. The van der Waals surface area contributed by atoms with Crippen LogP contribution in [0.4, 0.5) is 0 Å². The lowest BCUT2D eigenvalue weighted by Crippen LogP contribution is -2.40. The van der Waals surface area contributed by atoms with Gasteiger partial charge in [-0.2, -0.15) is 10.2 Å². The molecular formula is C23H24ClN7. The van der Waals surface area contributed by atoms with E-state index in [9.17, 15) is 0 Å². The first-order chi connectivity index (χ1) is 15.2. The molecule has 1 unspecified atom stereocenters. The average Bonchev–Trinajstić information content (AvgIpc) is 3.52. The Bertz CT molecular complexity index is 1100. The molecule has 0 aliphatic carbocycles. The van der Waals surface area contributed by atoms with Gasteiger partial charge in [-0.3, -0.25) is 9.67 Å². The number of hydrogen-bond acceptors (Lipinski definition) is 3. The summed E-state index contributed by atoms with van der Waals surface area (Å²) in [5, 5.41) is 16.2. The van der Waals surface area contributed by atoms with Gasteiger partial charge in [0.05, 0.1) is 11.7 Å². The van der Waals surface area contributed by atoms with Crippen LogP contribution in [0.3, 0.4) is 0 Å². The summed E-state index contributed by atoms with van der Waals surface area (Å²) >= 11 is 6.06. The number of halogens is 1. The van der Waals surface area contributed by atoms with E-state index in [2.05, 4.69) is 38.0 Å². The quantitative estimate of drug-likeness (QED) is 0.344. The summed E-state index contributed by atoms with van der Waals surface area (Å²) in [7, 11) is 1.76. The van der Waals surface area contributed by atoms with Crippen LogP contribution >= 0.6 is 11.6 Å². The van der Waals surface area contributed by atoms with E-state index in [4.69, 9.17) is 11.6 Å². The summed E-state index contributed by atoms with van der Waals surface area (Å²) in [6.45, 7) is 1.26. The molecule has 2 aromatic carbocycles. The van der Waals surface area contributed by atoms with Crippen molar-refractivity contribution in [2.45, 2.75) is 12.6 Å². The van der Waals surface area contributed by atoms with Crippen LogP contribution in [0, 0.1) is 0 Å². The van der Waals surface area contributed by atoms with Gasteiger partial charge in [-0.15, -0.1) is 0 Å². The number of benzene rings is 2. The Morgan fingerprint density at radius 1 is 1.00 bits per heavy atom. The van der Waals surface area contributed by atoms with Gasteiger partial charge in [-0.1, -0.05) is 35.9 Å². The van der Waals surface area contributed by atoms with Crippen LogP contribution in [0.1, 0.15) is 17.2 Å². The molecule has 8 heteroatoms. The lowest BCUT2D eigenvalue weighted by molar-refractivity contribution is 0.510. The zero-order valence-corrected chi connectivity index (χ0v) is 17.9. The SMILES string of the molecule is CN=C(NCc1cccc(-n2cccn2)c1)NCC(c1ccc(Cl)cc1)n1cccn1. The van der Waals surface area contributed by atoms with Crippen LogP contribution in [-0.2, 0) is 6.54 Å². The minimum Gasteiger partial charge on any atom is -0.354 e. The van der Waals surface area contributed by atoms with Gasteiger partial charge in [-0.05, 0) is 47.5 Å². The van der Waals surface area contributed by atoms with Crippen LogP contribution in [0.25, 0.3) is 5.69 Å². The van der Waals surface area contributed by atoms with Crippen LogP contribution in [0.15, 0.2) is 90.4 Å². The van der Waals surface area contributed by atoms with Crippen LogP contribution in [-0.4, -0.2) is 39.1 Å². The van der Waals surface area contributed by atoms with Crippen LogP contribution in [0.5, 0.6) is 0 Å². The van der Waals surface area contributed by atoms with Crippen molar-refractivity contribution in [2.75, 3.05) is 13.6 Å². The number of hydrogen-bond donors (Lipinski definition) is 2. The molecule has 7 nitrogen and oxygen atoms in total. The van der Waals surface area contributed by atoms with E-state index in [0.29, 0.717) is 18.1 Å². The van der Waals surface area contributed by atoms with Crippen molar-refractivity contribution in [3.05, 3.63) is 102 Å². The van der Waals surface area contributed by atoms with Crippen LogP contribution < -0.4 is 10.6 Å². The van der Waals surface area contributed by atoms with Gasteiger partial charge in [0.25, 0.3) is 0 Å². The first-order valence-corrected chi connectivity index (χ1v) is 10.4. The molecule has 1 atom stereocenters. The highest BCUT2D eigenvalue weighted by molar-refractivity contribution is 6.30. The molecule has 0 amide bonds. The number of nitrogens with one attached hydrogen (secondary N) is 2. The molecule has 0 fully saturated rings. The molecule has 0 aliphatic rings. The summed E-state index contributed by atoms with van der Waals surface area (Å²) in [4.78, 5) is 4.36. The maximum Gasteiger partial charge on any atom is 0.191 e. The molecule has 2 aromatic heterocycles. The predicted octanol–water partition coefficient (Wildman–Crippen LogP) is 3.68. The van der Waals surface area contributed by atoms with Crippen molar-refractivity contribution in [1.82, 2.24) is 30.2 Å². The number of nitrogens with zero attached hydrogens (tertiary/aromatic N) is 5. The third kappa shape index (κ3) is 5.32. The van der Waals surface area contributed by atoms with E-state index in [-0.39, 0.29) is 6.04 Å². The molecule has 0 bridgehead atoms. The van der Waals surface area contributed by atoms with Gasteiger partial charge in [0.15, 0.2) is 5.96 Å². The molecule has 4 aromatic rings. The Morgan fingerprint density at radius 3 is 2.52 bits per heavy atom. The maximum absolute atomic E-state index is 6.06. The molecule has 0 spiro atoms. The van der Waals surface area contributed by atoms with E-state index < -0.39 is 0 Å². The first kappa shape index (κ1) is 20.7. The first-order valence-electron chi connectivity index (χ1n) is 10.0. The Hall–Kier alpha value is -3.58. The summed E-state index contributed by atoms with van der Waals surface area (Å²) in [6, 6.07) is 19.9. The summed E-state index contributed by atoms with van der Waals surface area (Å²) in [5.74, 6) is 0.718. The molecule has 31 heavy (non-hydrogen) atoms. The Morgan fingerprint density at radius 2 is 1.81 bits per heavy atom. The molecule has 0 saturated heterocycles. The highest BCUT2D eigenvalue weighted by atomic mass is 35.5. The van der Waals surface area contributed by atoms with Crippen molar-refractivity contribution in [3.63, 3.8) is 0 Å². The fourth-order valence-corrected chi connectivity index (χ4v) is 3.47. The second-order valence-electron chi connectivity index (χ2n) is 6.98. The van der Waals surface area contributed by atoms with Gasteiger partial charge >= 0.3 is 0 Å². The molecule has 4 rings (SSSR count). The minimum atomic E-state index is 0.00830. The van der Waals surface area contributed by atoms with Gasteiger partial charge in [0.1, 0.15) is 0 Å². The summed E-state index contributed by atoms with van der Waals surface area (Å²) in [5.41, 5.74) is 3.27. The molecule has 0 saturated carbocycles. The van der Waals surface area contributed by atoms with Crippen molar-refractivity contribution in [1.29, 1.82) is 0 Å². The highest BCUT2D eigenvalue weighted by Crippen LogP contribution is 2.19. The molecule has 2 heterocycles. The Balaban J connectivity index is 1.40. The predicted molar refractivity (Wildman–Crippen MR) is 124 cm³/mol. The van der Waals surface area contributed by atoms with Crippen molar-refractivity contribution >= 4 is 17.6 Å².